The van der Waals surface area contributed by atoms with Crippen LogP contribution in [0.2, 0.25) is 0 Å². The molecule has 0 atom stereocenters. The molecule has 0 saturated carbocycles. The lowest BCUT2D eigenvalue weighted by Crippen LogP contribution is -2.03. The molecule has 0 unspecified atom stereocenters. The summed E-state index contributed by atoms with van der Waals surface area (Å²) in [5.74, 6) is 0.0938. The van der Waals surface area contributed by atoms with Crippen molar-refractivity contribution in [2.75, 3.05) is 0 Å². The fourth-order valence-electron chi connectivity index (χ4n) is 0.503. The number of nitrogens with two attached hydrogens (primary N) is 1. The van der Waals surface area contributed by atoms with Gasteiger partial charge in [-0.05, 0) is 12.2 Å². The van der Waals surface area contributed by atoms with Crippen LogP contribution in [0.25, 0.3) is 0 Å². The van der Waals surface area contributed by atoms with Gasteiger partial charge >= 0.3 is 0 Å². The van der Waals surface area contributed by atoms with Gasteiger partial charge in [-0.3, -0.25) is 0 Å². The first-order valence-corrected chi connectivity index (χ1v) is 2.58. The van der Waals surface area contributed by atoms with E-state index in [0.717, 1.165) is 0 Å². The zero-order chi connectivity index (χ0) is 6.69. The average Bonchev–Trinajstić information content (AvgIpc) is 1.99. The van der Waals surface area contributed by atoms with Crippen LogP contribution >= 0.6 is 34.0 Å². The zero-order valence-corrected chi connectivity index (χ0v) is 9.08. The average molecular weight is 286 g/mol. The minimum absolute atomic E-state index is 0. The second-order valence-electron chi connectivity index (χ2n) is 1.68. The molecule has 3 nitrogen and oxygen atoms in total. The van der Waals surface area contributed by atoms with Gasteiger partial charge in [-0.25, -0.2) is 0 Å². The van der Waals surface area contributed by atoms with E-state index in [0.29, 0.717) is 5.70 Å². The molecule has 1 heterocycles. The van der Waals surface area contributed by atoms with E-state index in [9.17, 15) is 0 Å². The van der Waals surface area contributed by atoms with Gasteiger partial charge in [0.15, 0.2) is 0 Å². The van der Waals surface area contributed by atoms with Crippen LogP contribution in [-0.4, -0.2) is 5.11 Å². The van der Waals surface area contributed by atoms with Crippen molar-refractivity contribution in [1.82, 2.24) is 5.32 Å². The predicted molar refractivity (Wildman–Crippen MR) is 55.9 cm³/mol. The highest BCUT2D eigenvalue weighted by Crippen LogP contribution is 1.99. The first-order chi connectivity index (χ1) is 4.30. The number of allylic oxidation sites excluding steroid dienone is 2. The molecule has 0 aliphatic carbocycles. The number of hydrogen-bond acceptors (Lipinski definition) is 3. The zero-order valence-electron chi connectivity index (χ0n) is 5.65. The lowest BCUT2D eigenvalue weighted by Gasteiger charge is -1.94. The summed E-state index contributed by atoms with van der Waals surface area (Å²) in [5, 5.41) is 11.7. The molecule has 11 heavy (non-hydrogen) atoms. The van der Waals surface area contributed by atoms with Gasteiger partial charge in [0, 0.05) is 12.4 Å². The van der Waals surface area contributed by atoms with Crippen molar-refractivity contribution >= 4 is 34.0 Å². The van der Waals surface area contributed by atoms with Crippen molar-refractivity contribution in [1.29, 1.82) is 0 Å². The monoisotopic (exact) mass is 284 g/mol. The molecule has 64 valence electrons. The Morgan fingerprint density at radius 2 is 2.00 bits per heavy atom. The Kier molecular flexibility index (Phi) is 7.55. The Bertz CT molecular complexity index is 199. The van der Waals surface area contributed by atoms with Crippen LogP contribution < -0.4 is 11.1 Å². The Labute approximate surface area is 86.2 Å². The molecule has 0 aromatic heterocycles. The molecular formula is C6H10Br2N2O. The normalized spacial score (nSPS) is 14.2. The summed E-state index contributed by atoms with van der Waals surface area (Å²) in [6.45, 7) is 0. The number of nitrogens with one attached hydrogen (secondary N) is 1. The summed E-state index contributed by atoms with van der Waals surface area (Å²) in [5.41, 5.74) is 5.67. The summed E-state index contributed by atoms with van der Waals surface area (Å²) in [7, 11) is 0. The smallest absolute Gasteiger partial charge is 0.140 e. The van der Waals surface area contributed by atoms with Gasteiger partial charge in [0.25, 0.3) is 0 Å². The largest absolute Gasteiger partial charge is 0.506 e. The molecule has 1 aliphatic rings. The molecule has 0 bridgehead atoms. The van der Waals surface area contributed by atoms with Gasteiger partial charge in [0.2, 0.25) is 0 Å². The van der Waals surface area contributed by atoms with Gasteiger partial charge in [-0.2, -0.15) is 0 Å². The molecule has 0 saturated heterocycles. The SMILES string of the molecule is Br.Br.NC1=CNC=CC=C1O. The van der Waals surface area contributed by atoms with Gasteiger partial charge in [0.1, 0.15) is 5.76 Å². The molecule has 0 radical (unpaired) electrons. The van der Waals surface area contributed by atoms with Crippen molar-refractivity contribution in [3.05, 3.63) is 36.0 Å². The third-order valence-electron chi connectivity index (χ3n) is 0.981. The number of aliphatic hydroxyl groups is 1. The molecule has 1 rings (SSSR count). The maximum absolute atomic E-state index is 8.93. The van der Waals surface area contributed by atoms with Gasteiger partial charge in [-0.1, -0.05) is 0 Å². The van der Waals surface area contributed by atoms with Crippen LogP contribution in [0.1, 0.15) is 0 Å². The van der Waals surface area contributed by atoms with Gasteiger partial charge < -0.3 is 16.2 Å². The number of halogens is 2. The number of hydrogen-bond donors (Lipinski definition) is 3. The summed E-state index contributed by atoms with van der Waals surface area (Å²) in [6.07, 6.45) is 6.39. The fourth-order valence-corrected chi connectivity index (χ4v) is 0.503. The quantitative estimate of drug-likeness (QED) is 0.632. The Morgan fingerprint density at radius 1 is 1.36 bits per heavy atom. The van der Waals surface area contributed by atoms with Crippen molar-refractivity contribution < 1.29 is 5.11 Å². The van der Waals surface area contributed by atoms with Crippen LogP contribution in [0.5, 0.6) is 0 Å². The second-order valence-corrected chi connectivity index (χ2v) is 1.68. The maximum Gasteiger partial charge on any atom is 0.140 e. The van der Waals surface area contributed by atoms with E-state index >= 15 is 0 Å². The Hall–Kier alpha value is -0.420. The van der Waals surface area contributed by atoms with Gasteiger partial charge in [0.05, 0.1) is 5.70 Å². The first-order valence-electron chi connectivity index (χ1n) is 2.58. The summed E-state index contributed by atoms with van der Waals surface area (Å²) in [4.78, 5) is 0. The van der Waals surface area contributed by atoms with Crippen LogP contribution in [-0.2, 0) is 0 Å². The van der Waals surface area contributed by atoms with E-state index in [1.807, 2.05) is 0 Å². The Morgan fingerprint density at radius 3 is 2.64 bits per heavy atom. The highest BCUT2D eigenvalue weighted by Gasteiger charge is 1.95. The van der Waals surface area contributed by atoms with E-state index in [1.54, 1.807) is 12.3 Å². The molecule has 0 fully saturated rings. The maximum atomic E-state index is 8.93. The molecule has 0 aromatic carbocycles. The third-order valence-corrected chi connectivity index (χ3v) is 0.981. The molecule has 1 aliphatic heterocycles. The lowest BCUT2D eigenvalue weighted by molar-refractivity contribution is 0.422. The topological polar surface area (TPSA) is 58.3 Å². The molecule has 0 amide bonds. The van der Waals surface area contributed by atoms with Crippen LogP contribution in [0, 0.1) is 0 Å². The highest BCUT2D eigenvalue weighted by atomic mass is 79.9. The minimum Gasteiger partial charge on any atom is -0.506 e. The van der Waals surface area contributed by atoms with E-state index in [-0.39, 0.29) is 39.7 Å². The summed E-state index contributed by atoms with van der Waals surface area (Å²) in [6, 6.07) is 0. The summed E-state index contributed by atoms with van der Waals surface area (Å²) >= 11 is 0. The molecular weight excluding hydrogens is 276 g/mol. The molecule has 4 N–H and O–H groups in total. The van der Waals surface area contributed by atoms with E-state index < -0.39 is 0 Å². The third kappa shape index (κ3) is 4.10. The molecule has 0 aromatic rings. The Balaban J connectivity index is 0. The first kappa shape index (κ1) is 13.2. The number of aliphatic hydroxyl groups excluding tert-OH is 1. The number of rotatable bonds is 0. The highest BCUT2D eigenvalue weighted by molar-refractivity contribution is 8.93. The standard InChI is InChI=1S/C6H8N2O.2BrH/c7-5-4-8-3-1-2-6(5)9;;/h1-4,8-9H,7H2;2*1H. The van der Waals surface area contributed by atoms with Crippen LogP contribution in [0.15, 0.2) is 36.0 Å². The minimum atomic E-state index is 0. The fraction of sp³-hybridized carbons (Fsp3) is 0. The van der Waals surface area contributed by atoms with Crippen LogP contribution in [0.4, 0.5) is 0 Å². The molecule has 5 heteroatoms. The lowest BCUT2D eigenvalue weighted by atomic mass is 10.4. The predicted octanol–water partition coefficient (Wildman–Crippen LogP) is 1.50. The summed E-state index contributed by atoms with van der Waals surface area (Å²) < 4.78 is 0. The van der Waals surface area contributed by atoms with Crippen molar-refractivity contribution in [2.24, 2.45) is 5.73 Å². The van der Waals surface area contributed by atoms with Crippen molar-refractivity contribution in [3.8, 4) is 0 Å². The van der Waals surface area contributed by atoms with Gasteiger partial charge in [-0.15, -0.1) is 34.0 Å². The molecule has 0 spiro atoms. The van der Waals surface area contributed by atoms with Crippen molar-refractivity contribution in [3.63, 3.8) is 0 Å². The van der Waals surface area contributed by atoms with E-state index in [4.69, 9.17) is 10.8 Å². The van der Waals surface area contributed by atoms with E-state index in [2.05, 4.69) is 5.32 Å². The van der Waals surface area contributed by atoms with Crippen LogP contribution in [0.3, 0.4) is 0 Å². The van der Waals surface area contributed by atoms with E-state index in [1.165, 1.54) is 12.3 Å². The second kappa shape index (κ2) is 6.30. The van der Waals surface area contributed by atoms with Crippen molar-refractivity contribution in [2.45, 2.75) is 0 Å².